The molecule has 1 aliphatic heterocycles. The average molecular weight is 533 g/mol. The predicted octanol–water partition coefficient (Wildman–Crippen LogP) is 5.09. The molecule has 208 valence electrons. The molecule has 3 aromatic carbocycles. The first-order chi connectivity index (χ1) is 18.9. The summed E-state index contributed by atoms with van der Waals surface area (Å²) >= 11 is 0. The van der Waals surface area contributed by atoms with E-state index in [2.05, 4.69) is 48.3 Å². The van der Waals surface area contributed by atoms with Crippen molar-refractivity contribution in [2.24, 2.45) is 5.92 Å². The summed E-state index contributed by atoms with van der Waals surface area (Å²) in [6.45, 7) is 9.29. The fourth-order valence-electron chi connectivity index (χ4n) is 4.83. The maximum atomic E-state index is 13.1. The number of hydrogen-bond donors (Lipinski definition) is 1. The zero-order chi connectivity index (χ0) is 27.6. The van der Waals surface area contributed by atoms with Gasteiger partial charge in [-0.2, -0.15) is 0 Å². The lowest BCUT2D eigenvalue weighted by Crippen LogP contribution is -2.31. The maximum absolute atomic E-state index is 13.1. The molecular formula is C32H40N2O5. The van der Waals surface area contributed by atoms with Gasteiger partial charge in [-0.05, 0) is 58.5 Å². The van der Waals surface area contributed by atoms with Crippen LogP contribution in [0.15, 0.2) is 60.7 Å². The number of nitrogens with one attached hydrogen (secondary N) is 1. The van der Waals surface area contributed by atoms with Gasteiger partial charge in [0, 0.05) is 44.2 Å². The minimum atomic E-state index is -0.152. The van der Waals surface area contributed by atoms with E-state index in [0.29, 0.717) is 55.8 Å². The van der Waals surface area contributed by atoms with Crippen LogP contribution in [0.1, 0.15) is 46.5 Å². The fourth-order valence-corrected chi connectivity index (χ4v) is 4.83. The topological polar surface area (TPSA) is 69.3 Å². The molecule has 0 fully saturated rings. The molecule has 0 atom stereocenters. The molecule has 1 aliphatic rings. The number of hydrogen-bond acceptors (Lipinski definition) is 6. The summed E-state index contributed by atoms with van der Waals surface area (Å²) in [4.78, 5) is 15.6. The van der Waals surface area contributed by atoms with Crippen LogP contribution >= 0.6 is 0 Å². The molecule has 4 rings (SSSR count). The van der Waals surface area contributed by atoms with E-state index in [-0.39, 0.29) is 5.91 Å². The lowest BCUT2D eigenvalue weighted by atomic mass is 9.99. The number of carbonyl (C=O) groups excluding carboxylic acids is 1. The molecule has 7 nitrogen and oxygen atoms in total. The van der Waals surface area contributed by atoms with Gasteiger partial charge in [0.1, 0.15) is 23.9 Å². The second-order valence-corrected chi connectivity index (χ2v) is 10.3. The molecule has 0 unspecified atom stereocenters. The van der Waals surface area contributed by atoms with Crippen molar-refractivity contribution in [3.63, 3.8) is 0 Å². The molecule has 0 aliphatic carbocycles. The Morgan fingerprint density at radius 1 is 0.949 bits per heavy atom. The third-order valence-corrected chi connectivity index (χ3v) is 6.64. The standard InChI is InChI=1S/C32H40N2O5/c1-23(2)21-34-10-11-38-12-13-39-31-9-8-27(18-28(31)15-24-6-5-7-25(14-24)22-34)32(35)33-20-26-16-29(36-3)19-30(17-26)37-4/h5-9,14,16-19,23H,10-13,15,20-22H2,1-4H3,(H,33,35). The van der Waals surface area contributed by atoms with E-state index in [9.17, 15) is 4.79 Å². The number of rotatable bonds is 7. The van der Waals surface area contributed by atoms with Crippen molar-refractivity contribution in [2.45, 2.75) is 33.4 Å². The molecule has 0 saturated heterocycles. The van der Waals surface area contributed by atoms with Gasteiger partial charge >= 0.3 is 0 Å². The SMILES string of the molecule is COc1cc(CNC(=O)c2ccc3c(c2)Cc2cccc(c2)CN(CC(C)C)CCOCCO3)cc(OC)c1. The second kappa shape index (κ2) is 14.0. The molecule has 2 bridgehead atoms. The van der Waals surface area contributed by atoms with E-state index in [0.717, 1.165) is 36.5 Å². The molecule has 0 radical (unpaired) electrons. The monoisotopic (exact) mass is 532 g/mol. The van der Waals surface area contributed by atoms with Crippen LogP contribution in [0.4, 0.5) is 0 Å². The van der Waals surface area contributed by atoms with Gasteiger partial charge in [-0.1, -0.05) is 38.1 Å². The predicted molar refractivity (Wildman–Crippen MR) is 153 cm³/mol. The van der Waals surface area contributed by atoms with Crippen LogP contribution in [-0.2, 0) is 24.2 Å². The number of nitrogens with zero attached hydrogens (tertiary/aromatic N) is 1. The molecule has 1 N–H and O–H groups in total. The van der Waals surface area contributed by atoms with E-state index >= 15 is 0 Å². The maximum Gasteiger partial charge on any atom is 0.251 e. The Hall–Kier alpha value is -3.55. The number of fused-ring (bicyclic) bond motifs is 3. The van der Waals surface area contributed by atoms with E-state index < -0.39 is 0 Å². The summed E-state index contributed by atoms with van der Waals surface area (Å²) in [6.07, 6.45) is 0.669. The summed E-state index contributed by atoms with van der Waals surface area (Å²) < 4.78 is 22.7. The van der Waals surface area contributed by atoms with Crippen molar-refractivity contribution >= 4 is 5.91 Å². The zero-order valence-corrected chi connectivity index (χ0v) is 23.5. The highest BCUT2D eigenvalue weighted by Gasteiger charge is 2.14. The second-order valence-electron chi connectivity index (χ2n) is 10.3. The molecule has 3 aromatic rings. The Kier molecular flexibility index (Phi) is 10.2. The first-order valence-corrected chi connectivity index (χ1v) is 13.6. The summed E-state index contributed by atoms with van der Waals surface area (Å²) in [7, 11) is 3.22. The number of methoxy groups -OCH3 is 2. The quantitative estimate of drug-likeness (QED) is 0.457. The van der Waals surface area contributed by atoms with E-state index in [1.807, 2.05) is 30.3 Å². The molecule has 7 heteroatoms. The highest BCUT2D eigenvalue weighted by Crippen LogP contribution is 2.26. The van der Waals surface area contributed by atoms with Crippen LogP contribution in [-0.4, -0.2) is 57.9 Å². The van der Waals surface area contributed by atoms with Crippen molar-refractivity contribution in [1.82, 2.24) is 10.2 Å². The van der Waals surface area contributed by atoms with E-state index in [4.69, 9.17) is 18.9 Å². The highest BCUT2D eigenvalue weighted by molar-refractivity contribution is 5.94. The molecular weight excluding hydrogens is 492 g/mol. The van der Waals surface area contributed by atoms with Crippen LogP contribution in [0.2, 0.25) is 0 Å². The summed E-state index contributed by atoms with van der Waals surface area (Å²) in [5, 5.41) is 3.02. The van der Waals surface area contributed by atoms with Gasteiger partial charge in [-0.25, -0.2) is 0 Å². The molecule has 0 aromatic heterocycles. The van der Waals surface area contributed by atoms with Crippen LogP contribution in [0.25, 0.3) is 0 Å². The number of amides is 1. The summed E-state index contributed by atoms with van der Waals surface area (Å²) in [5.74, 6) is 2.57. The lowest BCUT2D eigenvalue weighted by Gasteiger charge is -2.25. The van der Waals surface area contributed by atoms with Crippen molar-refractivity contribution < 1.29 is 23.7 Å². The fraction of sp³-hybridized carbons (Fsp3) is 0.406. The van der Waals surface area contributed by atoms with E-state index in [1.54, 1.807) is 20.3 Å². The largest absolute Gasteiger partial charge is 0.497 e. The molecule has 0 saturated carbocycles. The Balaban J connectivity index is 1.53. The normalized spacial score (nSPS) is 14.6. The highest BCUT2D eigenvalue weighted by atomic mass is 16.5. The van der Waals surface area contributed by atoms with Crippen LogP contribution in [0.3, 0.4) is 0 Å². The zero-order valence-electron chi connectivity index (χ0n) is 23.5. The summed E-state index contributed by atoms with van der Waals surface area (Å²) in [6, 6.07) is 19.9. The van der Waals surface area contributed by atoms with Gasteiger partial charge in [0.2, 0.25) is 0 Å². The smallest absolute Gasteiger partial charge is 0.251 e. The molecule has 1 heterocycles. The number of benzene rings is 3. The van der Waals surface area contributed by atoms with Gasteiger partial charge in [-0.15, -0.1) is 0 Å². The molecule has 1 amide bonds. The lowest BCUT2D eigenvalue weighted by molar-refractivity contribution is 0.0746. The van der Waals surface area contributed by atoms with Crippen LogP contribution in [0.5, 0.6) is 17.2 Å². The van der Waals surface area contributed by atoms with E-state index in [1.165, 1.54) is 11.1 Å². The Bertz CT molecular complexity index is 1220. The minimum Gasteiger partial charge on any atom is -0.497 e. The average Bonchev–Trinajstić information content (AvgIpc) is 2.93. The van der Waals surface area contributed by atoms with Gasteiger partial charge < -0.3 is 24.3 Å². The molecule has 39 heavy (non-hydrogen) atoms. The Morgan fingerprint density at radius 3 is 2.46 bits per heavy atom. The van der Waals surface area contributed by atoms with Crippen molar-refractivity contribution in [1.29, 1.82) is 0 Å². The third kappa shape index (κ3) is 8.47. The first kappa shape index (κ1) is 28.5. The summed E-state index contributed by atoms with van der Waals surface area (Å²) in [5.41, 5.74) is 4.92. The Morgan fingerprint density at radius 2 is 1.72 bits per heavy atom. The van der Waals surface area contributed by atoms with Crippen LogP contribution in [0, 0.1) is 5.92 Å². The first-order valence-electron chi connectivity index (χ1n) is 13.6. The van der Waals surface area contributed by atoms with Gasteiger partial charge in [0.25, 0.3) is 5.91 Å². The van der Waals surface area contributed by atoms with Crippen LogP contribution < -0.4 is 19.5 Å². The van der Waals surface area contributed by atoms with Crippen molar-refractivity contribution in [3.8, 4) is 17.2 Å². The van der Waals surface area contributed by atoms with Gasteiger partial charge in [-0.3, -0.25) is 9.69 Å². The third-order valence-electron chi connectivity index (χ3n) is 6.64. The molecule has 0 spiro atoms. The number of carbonyl (C=O) groups is 1. The minimum absolute atomic E-state index is 0.152. The Labute approximate surface area is 232 Å². The van der Waals surface area contributed by atoms with Gasteiger partial charge in [0.05, 0.1) is 27.4 Å². The number of ether oxygens (including phenoxy) is 4. The van der Waals surface area contributed by atoms with Gasteiger partial charge in [0.15, 0.2) is 0 Å². The van der Waals surface area contributed by atoms with Crippen molar-refractivity contribution in [3.05, 3.63) is 88.5 Å². The van der Waals surface area contributed by atoms with Crippen molar-refractivity contribution in [2.75, 3.05) is 47.1 Å².